The first-order valence-electron chi connectivity index (χ1n) is 17.9. The van der Waals surface area contributed by atoms with Crippen molar-refractivity contribution in [2.45, 2.75) is 71.4 Å². The summed E-state index contributed by atoms with van der Waals surface area (Å²) < 4.78 is 18.7. The number of aliphatic carboxylic acids is 1. The number of piperidine rings is 1. The van der Waals surface area contributed by atoms with Gasteiger partial charge in [0.25, 0.3) is 0 Å². The number of nitriles is 1. The van der Waals surface area contributed by atoms with Gasteiger partial charge < -0.3 is 39.7 Å². The highest BCUT2D eigenvalue weighted by Crippen LogP contribution is 2.36. The van der Waals surface area contributed by atoms with Gasteiger partial charge in [-0.15, -0.1) is 0 Å². The minimum Gasteiger partial charge on any atom is -0.493 e. The van der Waals surface area contributed by atoms with Gasteiger partial charge in [-0.25, -0.2) is 0 Å². The molecule has 0 unspecified atom stereocenters. The number of carboxylic acids is 1. The maximum absolute atomic E-state index is 11.7. The Kier molecular flexibility index (Phi) is 14.5. The summed E-state index contributed by atoms with van der Waals surface area (Å²) in [6, 6.07) is 18.3. The van der Waals surface area contributed by atoms with Crippen molar-refractivity contribution in [2.24, 2.45) is 0 Å². The van der Waals surface area contributed by atoms with E-state index in [2.05, 4.69) is 47.3 Å². The van der Waals surface area contributed by atoms with E-state index in [1.165, 1.54) is 6.20 Å². The van der Waals surface area contributed by atoms with Crippen molar-refractivity contribution in [3.05, 3.63) is 105 Å². The van der Waals surface area contributed by atoms with Crippen LogP contribution in [0.3, 0.4) is 0 Å². The summed E-state index contributed by atoms with van der Waals surface area (Å²) >= 11 is 6.73. The SMILES string of the molecule is Cc1c(COc2cc(OCc3cncc(C#N)c3)c(CN[C@@H](CCO)C(=O)O)cc2Cl)cccc1-c1cccc(OCCCN2CCC[C@H](O)C2)c1C. The number of halogens is 1. The van der Waals surface area contributed by atoms with Gasteiger partial charge in [-0.1, -0.05) is 41.9 Å². The molecule has 12 heteroatoms. The lowest BCUT2D eigenvalue weighted by Crippen LogP contribution is -2.39. The van der Waals surface area contributed by atoms with Crippen LogP contribution in [0.25, 0.3) is 11.1 Å². The number of β-amino-alcohol motifs (C(OH)–C–C–N with tert-alkyl or cyclic N) is 1. The van der Waals surface area contributed by atoms with Crippen LogP contribution in [-0.2, 0) is 24.6 Å². The van der Waals surface area contributed by atoms with Crippen molar-refractivity contribution in [1.82, 2.24) is 15.2 Å². The molecule has 1 aliphatic rings. The van der Waals surface area contributed by atoms with Crippen LogP contribution in [0, 0.1) is 25.2 Å². The van der Waals surface area contributed by atoms with Crippen molar-refractivity contribution in [3.8, 4) is 34.4 Å². The highest BCUT2D eigenvalue weighted by atomic mass is 35.5. The van der Waals surface area contributed by atoms with E-state index in [0.717, 1.165) is 72.5 Å². The van der Waals surface area contributed by atoms with Gasteiger partial charge in [0.15, 0.2) is 0 Å². The number of rotatable bonds is 18. The molecule has 0 radical (unpaired) electrons. The highest BCUT2D eigenvalue weighted by Gasteiger charge is 2.20. The molecule has 1 fully saturated rings. The molecule has 0 saturated carbocycles. The predicted molar refractivity (Wildman–Crippen MR) is 202 cm³/mol. The Bertz CT molecular complexity index is 1900. The molecule has 0 aliphatic carbocycles. The van der Waals surface area contributed by atoms with Gasteiger partial charge in [-0.3, -0.25) is 9.78 Å². The number of nitrogens with zero attached hydrogens (tertiary/aromatic N) is 3. The van der Waals surface area contributed by atoms with E-state index < -0.39 is 12.0 Å². The zero-order valence-electron chi connectivity index (χ0n) is 30.2. The van der Waals surface area contributed by atoms with E-state index in [1.807, 2.05) is 24.3 Å². The van der Waals surface area contributed by atoms with Crippen molar-refractivity contribution in [1.29, 1.82) is 5.26 Å². The third kappa shape index (κ3) is 10.9. The molecule has 2 atom stereocenters. The first kappa shape index (κ1) is 39.5. The zero-order chi connectivity index (χ0) is 37.7. The lowest BCUT2D eigenvalue weighted by molar-refractivity contribution is -0.140. The molecule has 1 saturated heterocycles. The average Bonchev–Trinajstić information content (AvgIpc) is 3.15. The minimum absolute atomic E-state index is 0.0353. The first-order valence-corrected chi connectivity index (χ1v) is 18.2. The summed E-state index contributed by atoms with van der Waals surface area (Å²) in [6.45, 7) is 7.53. The molecule has 1 aromatic heterocycles. The van der Waals surface area contributed by atoms with Crippen LogP contribution in [0.1, 0.15) is 59.1 Å². The van der Waals surface area contributed by atoms with Gasteiger partial charge in [-0.05, 0) is 92.1 Å². The minimum atomic E-state index is -1.08. The highest BCUT2D eigenvalue weighted by molar-refractivity contribution is 6.32. The summed E-state index contributed by atoms with van der Waals surface area (Å²) in [5, 5.41) is 41.4. The monoisotopic (exact) mass is 742 g/mol. The summed E-state index contributed by atoms with van der Waals surface area (Å²) in [5.41, 5.74) is 6.89. The molecule has 4 aromatic rings. The normalized spacial score (nSPS) is 15.1. The number of benzene rings is 3. The van der Waals surface area contributed by atoms with Gasteiger partial charge in [0.1, 0.15) is 42.6 Å². The number of carbonyl (C=O) groups is 1. The number of aliphatic hydroxyl groups excluding tert-OH is 2. The number of nitrogens with one attached hydrogen (secondary N) is 1. The summed E-state index contributed by atoms with van der Waals surface area (Å²) in [6.07, 6.45) is 5.67. The van der Waals surface area contributed by atoms with Crippen LogP contribution in [0.2, 0.25) is 5.02 Å². The fourth-order valence-electron chi connectivity index (χ4n) is 6.48. The molecular formula is C41H47ClN4O7. The van der Waals surface area contributed by atoms with Gasteiger partial charge in [0.2, 0.25) is 0 Å². The van der Waals surface area contributed by atoms with Crippen molar-refractivity contribution in [2.75, 3.05) is 32.8 Å². The predicted octanol–water partition coefficient (Wildman–Crippen LogP) is 6.20. The largest absolute Gasteiger partial charge is 0.493 e. The van der Waals surface area contributed by atoms with Crippen LogP contribution in [0.15, 0.2) is 67.0 Å². The maximum Gasteiger partial charge on any atom is 0.320 e. The summed E-state index contributed by atoms with van der Waals surface area (Å²) in [4.78, 5) is 18.1. The van der Waals surface area contributed by atoms with Crippen molar-refractivity contribution < 1.29 is 34.3 Å². The van der Waals surface area contributed by atoms with Crippen LogP contribution in [0.5, 0.6) is 17.2 Å². The Morgan fingerprint density at radius 1 is 1.02 bits per heavy atom. The standard InChI is InChI=1S/C41H47ClN4O7/c1-27-31(7-3-9-34(27)35-10-4-11-38(28(35)2)51-16-6-14-46-13-5-8-33(48)24-46)26-53-40-19-39(52-25-30-17-29(20-43)21-44-22-30)32(18-36(40)42)23-45-37(12-15-47)41(49)50/h3-4,7,9-11,17-19,21-22,33,37,45,47-48H,5-6,8,12-16,23-26H2,1-2H3,(H,49,50)/t33-,37-/m0/s1. The van der Waals surface area contributed by atoms with Gasteiger partial charge >= 0.3 is 5.97 Å². The molecule has 1 aliphatic heterocycles. The number of carboxylic acid groups (broad SMARTS) is 1. The summed E-state index contributed by atoms with van der Waals surface area (Å²) in [5.74, 6) is 0.565. The Labute approximate surface area is 315 Å². The first-order chi connectivity index (χ1) is 25.7. The Morgan fingerprint density at radius 3 is 2.55 bits per heavy atom. The Morgan fingerprint density at radius 2 is 1.79 bits per heavy atom. The number of aromatic nitrogens is 1. The molecule has 2 heterocycles. The van der Waals surface area contributed by atoms with Crippen molar-refractivity contribution >= 4 is 17.6 Å². The number of ether oxygens (including phenoxy) is 3. The van der Waals surface area contributed by atoms with Crippen LogP contribution in [-0.4, -0.2) is 76.2 Å². The molecule has 53 heavy (non-hydrogen) atoms. The fourth-order valence-corrected chi connectivity index (χ4v) is 6.72. The van der Waals surface area contributed by atoms with Crippen LogP contribution < -0.4 is 19.5 Å². The topological polar surface area (TPSA) is 157 Å². The molecule has 0 bridgehead atoms. The van der Waals surface area contributed by atoms with Gasteiger partial charge in [-0.2, -0.15) is 5.26 Å². The molecule has 0 amide bonds. The fraction of sp³-hybridized carbons (Fsp3) is 0.390. The second-order valence-corrected chi connectivity index (χ2v) is 13.7. The van der Waals surface area contributed by atoms with Crippen LogP contribution in [0.4, 0.5) is 0 Å². The van der Waals surface area contributed by atoms with Gasteiger partial charge in [0, 0.05) is 55.8 Å². The smallest absolute Gasteiger partial charge is 0.320 e. The Hall–Kier alpha value is -4.70. The summed E-state index contributed by atoms with van der Waals surface area (Å²) in [7, 11) is 0. The van der Waals surface area contributed by atoms with E-state index in [-0.39, 0.29) is 38.9 Å². The number of hydrogen-bond donors (Lipinski definition) is 4. The second kappa shape index (κ2) is 19.4. The lowest BCUT2D eigenvalue weighted by Gasteiger charge is -2.29. The second-order valence-electron chi connectivity index (χ2n) is 13.3. The molecule has 0 spiro atoms. The molecule has 4 N–H and O–H groups in total. The van der Waals surface area contributed by atoms with Gasteiger partial charge in [0.05, 0.1) is 23.3 Å². The molecule has 11 nitrogen and oxygen atoms in total. The maximum atomic E-state index is 11.7. The number of aliphatic hydroxyl groups is 2. The van der Waals surface area contributed by atoms with Crippen LogP contribution >= 0.6 is 11.6 Å². The van der Waals surface area contributed by atoms with E-state index in [9.17, 15) is 25.4 Å². The number of hydrogen-bond acceptors (Lipinski definition) is 10. The average molecular weight is 743 g/mol. The zero-order valence-corrected chi connectivity index (χ0v) is 30.9. The molecule has 3 aromatic carbocycles. The third-order valence-corrected chi connectivity index (χ3v) is 9.74. The molecular weight excluding hydrogens is 696 g/mol. The van der Waals surface area contributed by atoms with E-state index >= 15 is 0 Å². The van der Waals surface area contributed by atoms with E-state index in [1.54, 1.807) is 24.4 Å². The number of pyridine rings is 1. The lowest BCUT2D eigenvalue weighted by atomic mass is 9.93. The Balaban J connectivity index is 1.30. The molecule has 5 rings (SSSR count). The number of likely N-dealkylation sites (tertiary alicyclic amines) is 1. The van der Waals surface area contributed by atoms with E-state index in [4.69, 9.17) is 25.8 Å². The third-order valence-electron chi connectivity index (χ3n) is 9.45. The molecule has 280 valence electrons. The quantitative estimate of drug-likeness (QED) is 0.0861. The van der Waals surface area contributed by atoms with E-state index in [0.29, 0.717) is 39.8 Å². The van der Waals surface area contributed by atoms with Crippen molar-refractivity contribution in [3.63, 3.8) is 0 Å².